The van der Waals surface area contributed by atoms with Crippen LogP contribution in [0.5, 0.6) is 11.5 Å². The van der Waals surface area contributed by atoms with Gasteiger partial charge in [0.25, 0.3) is 0 Å². The Morgan fingerprint density at radius 3 is 1.13 bits per heavy atom. The zero-order chi connectivity index (χ0) is 32.9. The Bertz CT molecular complexity index is 1990. The van der Waals surface area contributed by atoms with E-state index >= 15 is 0 Å². The molecule has 0 aromatic carbocycles. The van der Waals surface area contributed by atoms with Gasteiger partial charge >= 0.3 is 11.9 Å². The molecule has 18 nitrogen and oxygen atoms in total. The van der Waals surface area contributed by atoms with E-state index in [2.05, 4.69) is 49.8 Å². The molecule has 18 heteroatoms. The molecule has 6 aromatic heterocycles. The zero-order valence-corrected chi connectivity index (χ0v) is 24.0. The number of aromatic nitrogens is 10. The van der Waals surface area contributed by atoms with Crippen molar-refractivity contribution < 1.29 is 19.1 Å². The first-order valence-corrected chi connectivity index (χ1v) is 13.5. The summed E-state index contributed by atoms with van der Waals surface area (Å²) in [5.74, 6) is -1.92. The topological polar surface area (TPSA) is 286 Å². The molecule has 0 fully saturated rings. The number of carbonyl (C=O) groups is 2. The van der Waals surface area contributed by atoms with Crippen LogP contribution in [0.3, 0.4) is 0 Å². The van der Waals surface area contributed by atoms with Gasteiger partial charge in [-0.25, -0.2) is 49.8 Å². The Hall–Kier alpha value is -7.24. The Morgan fingerprint density at radius 2 is 0.766 bits per heavy atom. The highest BCUT2D eigenvalue weighted by molar-refractivity contribution is 5.94. The summed E-state index contributed by atoms with van der Waals surface area (Å²) < 4.78 is 11.1. The predicted octanol–water partition coefficient (Wildman–Crippen LogP) is 1.53. The van der Waals surface area contributed by atoms with Crippen LogP contribution >= 0.6 is 0 Å². The van der Waals surface area contributed by atoms with E-state index in [1.54, 1.807) is 24.3 Å². The van der Waals surface area contributed by atoms with E-state index in [1.165, 1.54) is 49.1 Å². The molecule has 0 radical (unpaired) electrons. The zero-order valence-electron chi connectivity index (χ0n) is 24.0. The SMILES string of the molecule is Nc1nccc(-c2ccc(OC(=O)CC(=O)Oc3ccc(-c4ccnc(N)n4)nc3-c3ccnc(N)n3)c(-c3ccnc(N)n3)n2)n1. The number of nitrogens with two attached hydrogens (primary N) is 4. The van der Waals surface area contributed by atoms with Crippen LogP contribution in [-0.2, 0) is 9.59 Å². The highest BCUT2D eigenvalue weighted by Gasteiger charge is 2.22. The lowest BCUT2D eigenvalue weighted by Crippen LogP contribution is -2.19. The fourth-order valence-corrected chi connectivity index (χ4v) is 4.19. The molecule has 0 saturated heterocycles. The predicted molar refractivity (Wildman–Crippen MR) is 166 cm³/mol. The van der Waals surface area contributed by atoms with Crippen molar-refractivity contribution in [3.63, 3.8) is 0 Å². The van der Waals surface area contributed by atoms with Gasteiger partial charge in [0.05, 0.1) is 34.2 Å². The van der Waals surface area contributed by atoms with Gasteiger partial charge in [-0.05, 0) is 48.5 Å². The first-order chi connectivity index (χ1) is 22.7. The molecule has 0 bridgehead atoms. The van der Waals surface area contributed by atoms with Crippen LogP contribution in [-0.4, -0.2) is 61.8 Å². The largest absolute Gasteiger partial charge is 0.424 e. The van der Waals surface area contributed by atoms with E-state index in [1.807, 2.05) is 0 Å². The van der Waals surface area contributed by atoms with Crippen molar-refractivity contribution in [2.75, 3.05) is 22.9 Å². The van der Waals surface area contributed by atoms with Crippen LogP contribution in [0.2, 0.25) is 0 Å². The van der Waals surface area contributed by atoms with Crippen LogP contribution in [0, 0.1) is 0 Å². The minimum atomic E-state index is -0.951. The third-order valence-electron chi connectivity index (χ3n) is 6.16. The Labute approximate surface area is 264 Å². The summed E-state index contributed by atoms with van der Waals surface area (Å²) in [6.07, 6.45) is 4.99. The average molecular weight is 631 g/mol. The second-order valence-electron chi connectivity index (χ2n) is 9.41. The summed E-state index contributed by atoms with van der Waals surface area (Å²) in [5.41, 5.74) is 25.3. The lowest BCUT2D eigenvalue weighted by Gasteiger charge is -2.12. The number of hydrogen-bond acceptors (Lipinski definition) is 18. The fraction of sp³-hybridized carbons (Fsp3) is 0.0345. The van der Waals surface area contributed by atoms with Crippen molar-refractivity contribution in [1.29, 1.82) is 0 Å². The number of esters is 2. The van der Waals surface area contributed by atoms with Crippen molar-refractivity contribution in [3.05, 3.63) is 73.3 Å². The Kier molecular flexibility index (Phi) is 8.11. The highest BCUT2D eigenvalue weighted by atomic mass is 16.6. The first kappa shape index (κ1) is 29.8. The molecule has 0 aliphatic heterocycles. The van der Waals surface area contributed by atoms with Gasteiger partial charge in [0.15, 0.2) is 11.5 Å². The number of hydrogen-bond donors (Lipinski definition) is 4. The molecule has 6 rings (SSSR count). The maximum absolute atomic E-state index is 13.0. The second kappa shape index (κ2) is 12.8. The summed E-state index contributed by atoms with van der Waals surface area (Å²) in [6.45, 7) is 0. The van der Waals surface area contributed by atoms with Crippen molar-refractivity contribution in [1.82, 2.24) is 49.8 Å². The van der Waals surface area contributed by atoms with Crippen molar-refractivity contribution in [2.24, 2.45) is 0 Å². The fourth-order valence-electron chi connectivity index (χ4n) is 4.19. The highest BCUT2D eigenvalue weighted by Crippen LogP contribution is 2.32. The number of carbonyl (C=O) groups excluding carboxylic acids is 2. The number of nitrogen functional groups attached to an aromatic ring is 4. The molecule has 47 heavy (non-hydrogen) atoms. The molecule has 0 aliphatic rings. The average Bonchev–Trinajstić information content (AvgIpc) is 3.05. The third-order valence-corrected chi connectivity index (χ3v) is 6.16. The lowest BCUT2D eigenvalue weighted by molar-refractivity contribution is -0.144. The molecule has 8 N–H and O–H groups in total. The van der Waals surface area contributed by atoms with Gasteiger partial charge in [-0.2, -0.15) is 0 Å². The van der Waals surface area contributed by atoms with Gasteiger partial charge < -0.3 is 32.4 Å². The molecule has 0 saturated carbocycles. The van der Waals surface area contributed by atoms with Crippen molar-refractivity contribution in [3.8, 4) is 57.1 Å². The third kappa shape index (κ3) is 6.96. The quantitative estimate of drug-likeness (QED) is 0.137. The standard InChI is InChI=1S/C29H22N14O4/c30-26-34-9-5-16(40-26)14-1-3-20(24(38-14)18-7-11-36-28(32)42-18)46-22(44)13-23(45)47-21-4-2-15(17-6-10-35-27(31)41-17)39-25(21)19-8-12-37-29(33)43-19/h1-12H,13H2,(H2,30,34,40)(H2,31,35,41)(H2,32,36,42)(H2,33,37,43). The van der Waals surface area contributed by atoms with Gasteiger partial charge in [0, 0.05) is 24.8 Å². The molecule has 0 atom stereocenters. The van der Waals surface area contributed by atoms with Gasteiger partial charge in [-0.15, -0.1) is 0 Å². The maximum Gasteiger partial charge on any atom is 0.322 e. The van der Waals surface area contributed by atoms with Crippen LogP contribution in [0.15, 0.2) is 73.3 Å². The van der Waals surface area contributed by atoms with Crippen molar-refractivity contribution >= 4 is 35.7 Å². The molecule has 6 aromatic rings. The van der Waals surface area contributed by atoms with E-state index < -0.39 is 18.4 Å². The van der Waals surface area contributed by atoms with Crippen molar-refractivity contribution in [2.45, 2.75) is 6.42 Å². The van der Waals surface area contributed by atoms with Gasteiger partial charge in [-0.1, -0.05) is 0 Å². The molecule has 0 amide bonds. The molecule has 232 valence electrons. The number of anilines is 4. The van der Waals surface area contributed by atoms with Gasteiger partial charge in [-0.3, -0.25) is 9.59 Å². The number of rotatable bonds is 8. The molecule has 0 spiro atoms. The monoisotopic (exact) mass is 630 g/mol. The minimum Gasteiger partial charge on any atom is -0.424 e. The smallest absolute Gasteiger partial charge is 0.322 e. The van der Waals surface area contributed by atoms with Gasteiger partial charge in [0.2, 0.25) is 23.8 Å². The molecule has 6 heterocycles. The van der Waals surface area contributed by atoms with E-state index in [4.69, 9.17) is 32.4 Å². The summed E-state index contributed by atoms with van der Waals surface area (Å²) in [6, 6.07) is 12.3. The lowest BCUT2D eigenvalue weighted by atomic mass is 10.2. The molecule has 0 aliphatic carbocycles. The van der Waals surface area contributed by atoms with E-state index in [0.717, 1.165) is 0 Å². The Morgan fingerprint density at radius 1 is 0.447 bits per heavy atom. The summed E-state index contributed by atoms with van der Waals surface area (Å²) >= 11 is 0. The molecule has 0 unspecified atom stereocenters. The first-order valence-electron chi connectivity index (χ1n) is 13.5. The number of pyridine rings is 2. The number of ether oxygens (including phenoxy) is 2. The molecular formula is C29H22N14O4. The van der Waals surface area contributed by atoms with E-state index in [0.29, 0.717) is 22.8 Å². The normalized spacial score (nSPS) is 10.7. The van der Waals surface area contributed by atoms with Crippen LogP contribution in [0.4, 0.5) is 23.8 Å². The Balaban J connectivity index is 1.25. The summed E-state index contributed by atoms with van der Waals surface area (Å²) in [7, 11) is 0. The van der Waals surface area contributed by atoms with E-state index in [-0.39, 0.29) is 58.1 Å². The molecular weight excluding hydrogens is 608 g/mol. The van der Waals surface area contributed by atoms with Gasteiger partial charge in [0.1, 0.15) is 17.8 Å². The van der Waals surface area contributed by atoms with Crippen LogP contribution in [0.25, 0.3) is 45.6 Å². The maximum atomic E-state index is 13.0. The van der Waals surface area contributed by atoms with E-state index in [9.17, 15) is 9.59 Å². The summed E-state index contributed by atoms with van der Waals surface area (Å²) in [4.78, 5) is 67.4. The van der Waals surface area contributed by atoms with Crippen LogP contribution in [0.1, 0.15) is 6.42 Å². The second-order valence-corrected chi connectivity index (χ2v) is 9.41. The minimum absolute atomic E-state index is 0.0148. The summed E-state index contributed by atoms with van der Waals surface area (Å²) in [5, 5.41) is 0. The van der Waals surface area contributed by atoms with Crippen LogP contribution < -0.4 is 32.4 Å². The number of nitrogens with zero attached hydrogens (tertiary/aromatic N) is 10.